The molecule has 19 heavy (non-hydrogen) atoms. The second-order valence-electron chi connectivity index (χ2n) is 5.33. The highest BCUT2D eigenvalue weighted by Gasteiger charge is 2.49. The van der Waals surface area contributed by atoms with Crippen molar-refractivity contribution < 1.29 is 19.7 Å². The molecule has 0 amide bonds. The molecule has 0 aromatic heterocycles. The van der Waals surface area contributed by atoms with E-state index in [4.69, 9.17) is 21.4 Å². The van der Waals surface area contributed by atoms with Gasteiger partial charge in [0.1, 0.15) is 11.4 Å². The van der Waals surface area contributed by atoms with Crippen molar-refractivity contribution in [2.75, 3.05) is 0 Å². The minimum absolute atomic E-state index is 0.131. The average Bonchev–Trinajstić information content (AvgIpc) is 2.33. The molecule has 3 unspecified atom stereocenters. The molecule has 1 aliphatic rings. The lowest BCUT2D eigenvalue weighted by molar-refractivity contribution is -0.492. The van der Waals surface area contributed by atoms with Crippen LogP contribution in [0.5, 0.6) is 0 Å². The first kappa shape index (κ1) is 14.5. The Morgan fingerprint density at radius 1 is 1.32 bits per heavy atom. The normalized spacial score (nSPS) is 35.1. The summed E-state index contributed by atoms with van der Waals surface area (Å²) in [6.45, 7) is 4.69. The van der Waals surface area contributed by atoms with Crippen molar-refractivity contribution in [2.45, 2.75) is 38.6 Å². The fourth-order valence-corrected chi connectivity index (χ4v) is 2.46. The van der Waals surface area contributed by atoms with Crippen LogP contribution >= 0.6 is 11.6 Å². The fourth-order valence-electron chi connectivity index (χ4n) is 2.34. The number of ketones is 1. The zero-order valence-corrected chi connectivity index (χ0v) is 11.9. The van der Waals surface area contributed by atoms with E-state index in [9.17, 15) is 9.90 Å². The lowest BCUT2D eigenvalue weighted by atomic mass is 9.80. The van der Waals surface area contributed by atoms with Crippen LogP contribution in [0.3, 0.4) is 0 Å². The Kier molecular flexibility index (Phi) is 3.71. The van der Waals surface area contributed by atoms with Crippen LogP contribution < -0.4 is 0 Å². The number of halogens is 1. The third kappa shape index (κ3) is 2.82. The Labute approximate surface area is 117 Å². The molecular weight excluding hydrogens is 268 g/mol. The van der Waals surface area contributed by atoms with Crippen LogP contribution in [-0.2, 0) is 20.2 Å². The van der Waals surface area contributed by atoms with Gasteiger partial charge in [0.25, 0.3) is 0 Å². The van der Waals surface area contributed by atoms with Crippen LogP contribution in [-0.4, -0.2) is 16.7 Å². The molecule has 3 atom stereocenters. The van der Waals surface area contributed by atoms with Gasteiger partial charge in [0.2, 0.25) is 5.79 Å². The van der Waals surface area contributed by atoms with E-state index in [2.05, 4.69) is 0 Å². The Balaban J connectivity index is 2.31. The molecule has 1 N–H and O–H groups in total. The Morgan fingerprint density at radius 3 is 2.42 bits per heavy atom. The summed E-state index contributed by atoms with van der Waals surface area (Å²) in [4.78, 5) is 22.1. The highest BCUT2D eigenvalue weighted by Crippen LogP contribution is 2.42. The Bertz CT molecular complexity index is 483. The maximum absolute atomic E-state index is 11.7. The first-order chi connectivity index (χ1) is 8.74. The number of hydrogen-bond donors (Lipinski definition) is 1. The van der Waals surface area contributed by atoms with Crippen LogP contribution in [0.25, 0.3) is 0 Å². The molecule has 4 nitrogen and oxygen atoms in total. The van der Waals surface area contributed by atoms with Crippen LogP contribution in [0.1, 0.15) is 32.8 Å². The maximum Gasteiger partial charge on any atom is 0.206 e. The van der Waals surface area contributed by atoms with E-state index in [-0.39, 0.29) is 5.78 Å². The van der Waals surface area contributed by atoms with Gasteiger partial charge >= 0.3 is 0 Å². The summed E-state index contributed by atoms with van der Waals surface area (Å²) in [5.74, 6) is -2.37. The van der Waals surface area contributed by atoms with Crippen molar-refractivity contribution in [1.82, 2.24) is 0 Å². The van der Waals surface area contributed by atoms with Gasteiger partial charge in [-0.15, -0.1) is 0 Å². The van der Waals surface area contributed by atoms with E-state index in [0.29, 0.717) is 11.4 Å². The number of carbonyl (C=O) groups excluding carboxylic acids is 1. The van der Waals surface area contributed by atoms with Gasteiger partial charge in [-0.1, -0.05) is 23.7 Å². The summed E-state index contributed by atoms with van der Waals surface area (Å²) in [5.41, 5.74) is 0.0574. The molecule has 1 aromatic carbocycles. The van der Waals surface area contributed by atoms with Crippen molar-refractivity contribution in [3.05, 3.63) is 34.9 Å². The van der Waals surface area contributed by atoms with E-state index < -0.39 is 17.3 Å². The van der Waals surface area contributed by atoms with E-state index in [0.717, 1.165) is 5.56 Å². The van der Waals surface area contributed by atoms with Crippen LogP contribution in [0.15, 0.2) is 24.3 Å². The molecule has 0 aliphatic carbocycles. The van der Waals surface area contributed by atoms with Gasteiger partial charge in [0, 0.05) is 5.02 Å². The summed E-state index contributed by atoms with van der Waals surface area (Å²) < 4.78 is 0. The molecule has 0 saturated carbocycles. The average molecular weight is 285 g/mol. The molecule has 2 rings (SSSR count). The standard InChI is InChI=1S/C14H17ClO4/c1-9(16)12-8-13(2,18-19-14(12,3)17)10-4-6-11(15)7-5-10/h4-7,12,17H,8H2,1-3H3. The summed E-state index contributed by atoms with van der Waals surface area (Å²) in [6, 6.07) is 7.15. The van der Waals surface area contributed by atoms with Crippen LogP contribution in [0.4, 0.5) is 0 Å². The molecule has 1 fully saturated rings. The first-order valence-corrected chi connectivity index (χ1v) is 6.48. The van der Waals surface area contributed by atoms with Gasteiger partial charge in [-0.05, 0) is 44.9 Å². The molecule has 5 heteroatoms. The number of aliphatic hydroxyl groups is 1. The van der Waals surface area contributed by atoms with E-state index in [1.807, 2.05) is 19.1 Å². The van der Waals surface area contributed by atoms with Crippen molar-refractivity contribution in [1.29, 1.82) is 0 Å². The Morgan fingerprint density at radius 2 is 1.89 bits per heavy atom. The number of carbonyl (C=O) groups is 1. The second-order valence-corrected chi connectivity index (χ2v) is 5.76. The van der Waals surface area contributed by atoms with E-state index >= 15 is 0 Å². The molecule has 0 spiro atoms. The van der Waals surface area contributed by atoms with Crippen molar-refractivity contribution in [3.63, 3.8) is 0 Å². The lowest BCUT2D eigenvalue weighted by Gasteiger charge is -2.43. The third-order valence-electron chi connectivity index (χ3n) is 3.58. The zero-order chi connectivity index (χ0) is 14.3. The SMILES string of the molecule is CC(=O)C1CC(C)(c2ccc(Cl)cc2)OOC1(C)O. The Hall–Kier alpha value is -0.940. The van der Waals surface area contributed by atoms with Gasteiger partial charge in [0.15, 0.2) is 0 Å². The first-order valence-electron chi connectivity index (χ1n) is 6.10. The molecule has 1 aliphatic heterocycles. The molecule has 0 bridgehead atoms. The fraction of sp³-hybridized carbons (Fsp3) is 0.500. The summed E-state index contributed by atoms with van der Waals surface area (Å²) >= 11 is 5.85. The van der Waals surface area contributed by atoms with E-state index in [1.54, 1.807) is 12.1 Å². The number of benzene rings is 1. The summed E-state index contributed by atoms with van der Waals surface area (Å²) in [6.07, 6.45) is 0.344. The molecule has 104 valence electrons. The summed E-state index contributed by atoms with van der Waals surface area (Å²) in [7, 11) is 0. The highest BCUT2D eigenvalue weighted by atomic mass is 35.5. The predicted molar refractivity (Wildman–Crippen MR) is 70.4 cm³/mol. The van der Waals surface area contributed by atoms with Gasteiger partial charge in [-0.3, -0.25) is 4.79 Å². The minimum Gasteiger partial charge on any atom is -0.363 e. The molecule has 1 aromatic rings. The van der Waals surface area contributed by atoms with Crippen molar-refractivity contribution in [3.8, 4) is 0 Å². The topological polar surface area (TPSA) is 55.8 Å². The third-order valence-corrected chi connectivity index (χ3v) is 3.83. The number of rotatable bonds is 2. The van der Waals surface area contributed by atoms with Crippen LogP contribution in [0.2, 0.25) is 5.02 Å². The molecular formula is C14H17ClO4. The zero-order valence-electron chi connectivity index (χ0n) is 11.1. The predicted octanol–water partition coefficient (Wildman–Crippen LogP) is 2.82. The highest BCUT2D eigenvalue weighted by molar-refractivity contribution is 6.30. The van der Waals surface area contributed by atoms with Crippen molar-refractivity contribution in [2.24, 2.45) is 5.92 Å². The van der Waals surface area contributed by atoms with E-state index in [1.165, 1.54) is 13.8 Å². The monoisotopic (exact) mass is 284 g/mol. The van der Waals surface area contributed by atoms with Gasteiger partial charge in [-0.2, -0.15) is 4.89 Å². The lowest BCUT2D eigenvalue weighted by Crippen LogP contribution is -2.51. The van der Waals surface area contributed by atoms with Gasteiger partial charge in [0.05, 0.1) is 5.92 Å². The largest absolute Gasteiger partial charge is 0.363 e. The number of hydrogen-bond acceptors (Lipinski definition) is 4. The minimum atomic E-state index is -1.60. The second kappa shape index (κ2) is 4.87. The smallest absolute Gasteiger partial charge is 0.206 e. The maximum atomic E-state index is 11.7. The van der Waals surface area contributed by atoms with Crippen molar-refractivity contribution >= 4 is 17.4 Å². The molecule has 1 saturated heterocycles. The van der Waals surface area contributed by atoms with Gasteiger partial charge in [-0.25, -0.2) is 4.89 Å². The number of Topliss-reactive ketones (excluding diaryl/α,β-unsaturated/α-hetero) is 1. The van der Waals surface area contributed by atoms with Crippen LogP contribution in [0, 0.1) is 5.92 Å². The van der Waals surface area contributed by atoms with Gasteiger partial charge < -0.3 is 5.11 Å². The molecule has 1 heterocycles. The quantitative estimate of drug-likeness (QED) is 0.849. The summed E-state index contributed by atoms with van der Waals surface area (Å²) in [5, 5.41) is 10.7. The molecule has 0 radical (unpaired) electrons.